The maximum Gasteiger partial charge on any atom is 0.0621 e. The van der Waals surface area contributed by atoms with E-state index in [1.54, 1.807) is 0 Å². The predicted molar refractivity (Wildman–Crippen MR) is 62.6 cm³/mol. The van der Waals surface area contributed by atoms with Crippen LogP contribution in [0.25, 0.3) is 0 Å². The van der Waals surface area contributed by atoms with Crippen molar-refractivity contribution in [3.05, 3.63) is 0 Å². The molecule has 0 aliphatic carbocycles. The highest BCUT2D eigenvalue weighted by Crippen LogP contribution is 2.07. The number of hydrogen-bond donors (Lipinski definition) is 1. The van der Waals surface area contributed by atoms with Crippen molar-refractivity contribution in [3.63, 3.8) is 0 Å². The van der Waals surface area contributed by atoms with Crippen LogP contribution in [0.4, 0.5) is 0 Å². The maximum atomic E-state index is 8.44. The van der Waals surface area contributed by atoms with Crippen LogP contribution < -0.4 is 5.32 Å². The van der Waals surface area contributed by atoms with Crippen molar-refractivity contribution in [2.24, 2.45) is 0 Å². The van der Waals surface area contributed by atoms with Gasteiger partial charge in [0.15, 0.2) is 0 Å². The van der Waals surface area contributed by atoms with Crippen LogP contribution in [-0.2, 0) is 0 Å². The topological polar surface area (TPSA) is 39.1 Å². The second-order valence-corrected chi connectivity index (χ2v) is 4.30. The van der Waals surface area contributed by atoms with Crippen LogP contribution in [0.1, 0.15) is 39.0 Å². The third-order valence-electron chi connectivity index (χ3n) is 3.10. The fourth-order valence-electron chi connectivity index (χ4n) is 2.14. The van der Waals surface area contributed by atoms with Gasteiger partial charge in [-0.1, -0.05) is 6.92 Å². The standard InChI is InChI=1S/C12H23N3/c1-2-15(10-5-3-4-8-13)11-12-7-6-9-14-12/h12,14H,2-7,9-11H2,1H3. The molecule has 0 amide bonds. The smallest absolute Gasteiger partial charge is 0.0621 e. The SMILES string of the molecule is CCN(CCCCC#N)CC1CCCN1. The van der Waals surface area contributed by atoms with Gasteiger partial charge in [0.2, 0.25) is 0 Å². The van der Waals surface area contributed by atoms with E-state index >= 15 is 0 Å². The van der Waals surface area contributed by atoms with Crippen LogP contribution in [0.2, 0.25) is 0 Å². The Balaban J connectivity index is 2.09. The third-order valence-corrected chi connectivity index (χ3v) is 3.10. The molecule has 1 heterocycles. The Hall–Kier alpha value is -0.590. The molecule has 1 atom stereocenters. The van der Waals surface area contributed by atoms with E-state index in [-0.39, 0.29) is 0 Å². The van der Waals surface area contributed by atoms with Crippen LogP contribution in [0, 0.1) is 11.3 Å². The summed E-state index contributed by atoms with van der Waals surface area (Å²) in [6.07, 6.45) is 5.57. The number of nitriles is 1. The van der Waals surface area contributed by atoms with Gasteiger partial charge in [-0.2, -0.15) is 5.26 Å². The number of rotatable bonds is 7. The molecule has 0 aromatic rings. The van der Waals surface area contributed by atoms with Crippen LogP contribution in [0.5, 0.6) is 0 Å². The molecule has 1 aliphatic heterocycles. The quantitative estimate of drug-likeness (QED) is 0.649. The first kappa shape index (κ1) is 12.5. The number of nitrogens with one attached hydrogen (secondary N) is 1. The minimum absolute atomic E-state index is 0.708. The van der Waals surface area contributed by atoms with Crippen molar-refractivity contribution in [2.75, 3.05) is 26.2 Å². The van der Waals surface area contributed by atoms with Crippen molar-refractivity contribution in [3.8, 4) is 6.07 Å². The third kappa shape index (κ3) is 5.15. The van der Waals surface area contributed by atoms with E-state index in [1.165, 1.54) is 25.9 Å². The molecule has 0 aromatic carbocycles. The van der Waals surface area contributed by atoms with Gasteiger partial charge in [0, 0.05) is 19.0 Å². The monoisotopic (exact) mass is 209 g/mol. The van der Waals surface area contributed by atoms with Crippen molar-refractivity contribution >= 4 is 0 Å². The predicted octanol–water partition coefficient (Wildman–Crippen LogP) is 1.75. The molecule has 0 saturated carbocycles. The van der Waals surface area contributed by atoms with E-state index in [9.17, 15) is 0 Å². The lowest BCUT2D eigenvalue weighted by Crippen LogP contribution is -2.37. The highest BCUT2D eigenvalue weighted by atomic mass is 15.1. The lowest BCUT2D eigenvalue weighted by atomic mass is 10.2. The van der Waals surface area contributed by atoms with E-state index in [2.05, 4.69) is 23.2 Å². The van der Waals surface area contributed by atoms with Gasteiger partial charge < -0.3 is 10.2 Å². The number of hydrogen-bond acceptors (Lipinski definition) is 3. The van der Waals surface area contributed by atoms with E-state index in [4.69, 9.17) is 5.26 Å². The molecule has 0 aromatic heterocycles. The van der Waals surface area contributed by atoms with Gasteiger partial charge in [-0.15, -0.1) is 0 Å². The molecule has 1 saturated heterocycles. The lowest BCUT2D eigenvalue weighted by molar-refractivity contribution is 0.256. The fraction of sp³-hybridized carbons (Fsp3) is 0.917. The zero-order valence-electron chi connectivity index (χ0n) is 9.84. The van der Waals surface area contributed by atoms with Crippen molar-refractivity contribution in [1.82, 2.24) is 10.2 Å². The first-order valence-electron chi connectivity index (χ1n) is 6.19. The summed E-state index contributed by atoms with van der Waals surface area (Å²) < 4.78 is 0. The number of nitrogens with zero attached hydrogens (tertiary/aromatic N) is 2. The van der Waals surface area contributed by atoms with Crippen molar-refractivity contribution in [1.29, 1.82) is 5.26 Å². The molecule has 1 N–H and O–H groups in total. The highest BCUT2D eigenvalue weighted by molar-refractivity contribution is 4.77. The normalized spacial score (nSPS) is 20.7. The van der Waals surface area contributed by atoms with Crippen molar-refractivity contribution < 1.29 is 0 Å². The van der Waals surface area contributed by atoms with E-state index in [0.717, 1.165) is 25.9 Å². The molecule has 86 valence electrons. The Morgan fingerprint density at radius 3 is 2.93 bits per heavy atom. The molecular formula is C12H23N3. The molecule has 0 radical (unpaired) electrons. The van der Waals surface area contributed by atoms with Crippen molar-refractivity contribution in [2.45, 2.75) is 45.1 Å². The highest BCUT2D eigenvalue weighted by Gasteiger charge is 2.16. The summed E-state index contributed by atoms with van der Waals surface area (Å²) in [4.78, 5) is 2.50. The lowest BCUT2D eigenvalue weighted by Gasteiger charge is -2.23. The summed E-state index contributed by atoms with van der Waals surface area (Å²) >= 11 is 0. The zero-order chi connectivity index (χ0) is 10.9. The van der Waals surface area contributed by atoms with Gasteiger partial charge >= 0.3 is 0 Å². The maximum absolute atomic E-state index is 8.44. The van der Waals surface area contributed by atoms with Gasteiger partial charge in [-0.25, -0.2) is 0 Å². The second kappa shape index (κ2) is 7.67. The number of unbranched alkanes of at least 4 members (excludes halogenated alkanes) is 2. The molecule has 1 unspecified atom stereocenters. The van der Waals surface area contributed by atoms with Gasteiger partial charge in [-0.3, -0.25) is 0 Å². The Kier molecular flexibility index (Phi) is 6.38. The van der Waals surface area contributed by atoms with E-state index < -0.39 is 0 Å². The Morgan fingerprint density at radius 1 is 1.47 bits per heavy atom. The second-order valence-electron chi connectivity index (χ2n) is 4.30. The molecule has 15 heavy (non-hydrogen) atoms. The molecule has 3 heteroatoms. The van der Waals surface area contributed by atoms with Gasteiger partial charge in [0.05, 0.1) is 6.07 Å². The van der Waals surface area contributed by atoms with Crippen LogP contribution >= 0.6 is 0 Å². The first-order valence-corrected chi connectivity index (χ1v) is 6.19. The van der Waals surface area contributed by atoms with Gasteiger partial charge in [0.1, 0.15) is 0 Å². The largest absolute Gasteiger partial charge is 0.313 e. The molecule has 1 aliphatic rings. The minimum atomic E-state index is 0.708. The summed E-state index contributed by atoms with van der Waals surface area (Å²) in [5, 5.41) is 12.0. The molecule has 1 rings (SSSR count). The van der Waals surface area contributed by atoms with Crippen LogP contribution in [0.3, 0.4) is 0 Å². The molecule has 0 bridgehead atoms. The van der Waals surface area contributed by atoms with Crippen LogP contribution in [0.15, 0.2) is 0 Å². The zero-order valence-corrected chi connectivity index (χ0v) is 9.84. The van der Waals surface area contributed by atoms with Crippen LogP contribution in [-0.4, -0.2) is 37.1 Å². The minimum Gasteiger partial charge on any atom is -0.313 e. The summed E-state index contributed by atoms with van der Waals surface area (Å²) in [5.74, 6) is 0. The number of likely N-dealkylation sites (N-methyl/N-ethyl adjacent to an activating group) is 1. The summed E-state index contributed by atoms with van der Waals surface area (Å²) in [7, 11) is 0. The summed E-state index contributed by atoms with van der Waals surface area (Å²) in [6, 6.07) is 2.91. The molecule has 1 fully saturated rings. The average molecular weight is 209 g/mol. The molecule has 0 spiro atoms. The van der Waals surface area contributed by atoms with E-state index in [0.29, 0.717) is 12.5 Å². The Bertz CT molecular complexity index is 192. The van der Waals surface area contributed by atoms with Gasteiger partial charge in [0.25, 0.3) is 0 Å². The Labute approximate surface area is 93.5 Å². The first-order chi connectivity index (χ1) is 7.36. The molecule has 3 nitrogen and oxygen atoms in total. The van der Waals surface area contributed by atoms with Gasteiger partial charge in [-0.05, 0) is 45.3 Å². The van der Waals surface area contributed by atoms with E-state index in [1.807, 2.05) is 0 Å². The summed E-state index contributed by atoms with van der Waals surface area (Å²) in [5.41, 5.74) is 0. The summed E-state index contributed by atoms with van der Waals surface area (Å²) in [6.45, 7) is 6.88. The fourth-order valence-corrected chi connectivity index (χ4v) is 2.14. The average Bonchev–Trinajstić information content (AvgIpc) is 2.75. The molecular weight excluding hydrogens is 186 g/mol. The Morgan fingerprint density at radius 2 is 2.33 bits per heavy atom.